The summed E-state index contributed by atoms with van der Waals surface area (Å²) in [7, 11) is -3.08. The summed E-state index contributed by atoms with van der Waals surface area (Å²) in [6, 6.07) is 7.23. The van der Waals surface area contributed by atoms with Crippen LogP contribution in [0.5, 0.6) is 0 Å². The van der Waals surface area contributed by atoms with E-state index in [0.717, 1.165) is 5.56 Å². The molecule has 0 spiro atoms. The minimum absolute atomic E-state index is 0.0830. The van der Waals surface area contributed by atoms with E-state index in [-0.39, 0.29) is 16.4 Å². The van der Waals surface area contributed by atoms with Crippen molar-refractivity contribution >= 4 is 33.4 Å². The molecule has 0 saturated carbocycles. The monoisotopic (exact) mass is 355 g/mol. The molecule has 0 bridgehead atoms. The lowest BCUT2D eigenvalue weighted by Gasteiger charge is -2.31. The van der Waals surface area contributed by atoms with Gasteiger partial charge in [0.1, 0.15) is 0 Å². The van der Waals surface area contributed by atoms with Crippen LogP contribution in [0.4, 0.5) is 0 Å². The third-order valence-electron chi connectivity index (χ3n) is 4.16. The number of halogens is 1. The van der Waals surface area contributed by atoms with E-state index in [0.29, 0.717) is 31.0 Å². The van der Waals surface area contributed by atoms with Crippen LogP contribution in [0.25, 0.3) is 6.08 Å². The molecule has 0 radical (unpaired) electrons. The second-order valence-electron chi connectivity index (χ2n) is 6.05. The molecule has 1 aliphatic rings. The van der Waals surface area contributed by atoms with Crippen molar-refractivity contribution < 1.29 is 13.2 Å². The Balaban J connectivity index is 1.92. The Bertz CT molecular complexity index is 672. The number of hydrogen-bond donors (Lipinski definition) is 0. The summed E-state index contributed by atoms with van der Waals surface area (Å²) >= 11 is 5.82. The average molecular weight is 356 g/mol. The molecular weight excluding hydrogens is 334 g/mol. The number of rotatable bonds is 4. The van der Waals surface area contributed by atoms with Crippen molar-refractivity contribution in [1.29, 1.82) is 0 Å². The minimum Gasteiger partial charge on any atom is -0.339 e. The quantitative estimate of drug-likeness (QED) is 0.779. The number of hydrogen-bond acceptors (Lipinski definition) is 3. The first-order chi connectivity index (χ1) is 10.8. The Morgan fingerprint density at radius 1 is 1.22 bits per heavy atom. The molecule has 0 aromatic heterocycles. The zero-order valence-electron chi connectivity index (χ0n) is 13.4. The summed E-state index contributed by atoms with van der Waals surface area (Å²) in [4.78, 5) is 13.9. The van der Waals surface area contributed by atoms with Crippen molar-refractivity contribution in [2.75, 3.05) is 13.1 Å². The van der Waals surface area contributed by atoms with Crippen molar-refractivity contribution in [2.45, 2.75) is 37.2 Å². The zero-order valence-corrected chi connectivity index (χ0v) is 15.0. The van der Waals surface area contributed by atoms with E-state index < -0.39 is 9.84 Å². The average Bonchev–Trinajstić information content (AvgIpc) is 2.54. The third-order valence-corrected chi connectivity index (χ3v) is 7.13. The molecule has 1 aromatic carbocycles. The molecule has 4 nitrogen and oxygen atoms in total. The van der Waals surface area contributed by atoms with Gasteiger partial charge < -0.3 is 4.90 Å². The van der Waals surface area contributed by atoms with Gasteiger partial charge in [0, 0.05) is 24.2 Å². The molecular formula is C17H22ClNO3S. The summed E-state index contributed by atoms with van der Waals surface area (Å²) in [6.45, 7) is 4.39. The fourth-order valence-electron chi connectivity index (χ4n) is 2.64. The summed E-state index contributed by atoms with van der Waals surface area (Å²) < 4.78 is 24.3. The van der Waals surface area contributed by atoms with E-state index in [1.165, 1.54) is 6.08 Å². The summed E-state index contributed by atoms with van der Waals surface area (Å²) in [5.41, 5.74) is 0.903. The van der Waals surface area contributed by atoms with Gasteiger partial charge in [-0.05, 0) is 50.5 Å². The van der Waals surface area contributed by atoms with Crippen LogP contribution < -0.4 is 0 Å². The molecule has 0 atom stereocenters. The van der Waals surface area contributed by atoms with Gasteiger partial charge in [0.2, 0.25) is 5.91 Å². The first-order valence-corrected chi connectivity index (χ1v) is 9.74. The highest BCUT2D eigenvalue weighted by Gasteiger charge is 2.32. The van der Waals surface area contributed by atoms with Crippen molar-refractivity contribution in [3.8, 4) is 0 Å². The zero-order chi connectivity index (χ0) is 17.0. The molecule has 1 aromatic rings. The first-order valence-electron chi connectivity index (χ1n) is 7.76. The first kappa shape index (κ1) is 18.0. The van der Waals surface area contributed by atoms with Crippen LogP contribution >= 0.6 is 11.6 Å². The van der Waals surface area contributed by atoms with E-state index in [4.69, 9.17) is 11.6 Å². The molecule has 23 heavy (non-hydrogen) atoms. The van der Waals surface area contributed by atoms with Gasteiger partial charge in [-0.25, -0.2) is 8.42 Å². The fourth-order valence-corrected chi connectivity index (χ4v) is 4.40. The molecule has 0 aliphatic carbocycles. The fraction of sp³-hybridized carbons (Fsp3) is 0.471. The Kier molecular flexibility index (Phi) is 5.87. The highest BCUT2D eigenvalue weighted by molar-refractivity contribution is 7.92. The van der Waals surface area contributed by atoms with Gasteiger partial charge in [0.15, 0.2) is 9.84 Å². The van der Waals surface area contributed by atoms with Crippen molar-refractivity contribution in [2.24, 2.45) is 0 Å². The second-order valence-corrected chi connectivity index (χ2v) is 9.27. The minimum atomic E-state index is -3.08. The van der Waals surface area contributed by atoms with E-state index in [1.54, 1.807) is 37.0 Å². The number of likely N-dealkylation sites (tertiary alicyclic amines) is 1. The number of piperidine rings is 1. The van der Waals surface area contributed by atoms with Crippen LogP contribution in [0, 0.1) is 0 Å². The van der Waals surface area contributed by atoms with Crippen LogP contribution in [0.3, 0.4) is 0 Å². The number of carbonyl (C=O) groups is 1. The van der Waals surface area contributed by atoms with E-state index >= 15 is 0 Å². The molecule has 126 valence electrons. The summed E-state index contributed by atoms with van der Waals surface area (Å²) in [5, 5.41) is -0.0340. The van der Waals surface area contributed by atoms with Gasteiger partial charge in [-0.3, -0.25) is 4.79 Å². The molecule has 0 unspecified atom stereocenters. The van der Waals surface area contributed by atoms with Gasteiger partial charge in [-0.2, -0.15) is 0 Å². The summed E-state index contributed by atoms with van der Waals surface area (Å²) in [6.07, 6.45) is 4.30. The van der Waals surface area contributed by atoms with Gasteiger partial charge in [-0.15, -0.1) is 0 Å². The topological polar surface area (TPSA) is 54.5 Å². The van der Waals surface area contributed by atoms with E-state index in [1.807, 2.05) is 12.1 Å². The SMILES string of the molecule is CC(C)S(=O)(=O)C1CCN(C(=O)/C=C/c2ccc(Cl)cc2)CC1. The van der Waals surface area contributed by atoms with Crippen LogP contribution in [0.15, 0.2) is 30.3 Å². The maximum Gasteiger partial charge on any atom is 0.246 e. The smallest absolute Gasteiger partial charge is 0.246 e. The standard InChI is InChI=1S/C17H22ClNO3S/c1-13(2)23(21,22)16-9-11-19(12-10-16)17(20)8-5-14-3-6-15(18)7-4-14/h3-8,13,16H,9-12H2,1-2H3/b8-5+. The molecule has 1 fully saturated rings. The highest BCUT2D eigenvalue weighted by Crippen LogP contribution is 2.21. The van der Waals surface area contributed by atoms with Crippen LogP contribution in [0.1, 0.15) is 32.3 Å². The highest BCUT2D eigenvalue weighted by atomic mass is 35.5. The van der Waals surface area contributed by atoms with E-state index in [2.05, 4.69) is 0 Å². The Morgan fingerprint density at radius 3 is 2.30 bits per heavy atom. The van der Waals surface area contributed by atoms with Gasteiger partial charge in [-0.1, -0.05) is 23.7 Å². The van der Waals surface area contributed by atoms with Gasteiger partial charge in [0.25, 0.3) is 0 Å². The molecule has 6 heteroatoms. The van der Waals surface area contributed by atoms with Crippen LogP contribution in [-0.4, -0.2) is 42.8 Å². The number of carbonyl (C=O) groups excluding carboxylic acids is 1. The number of benzene rings is 1. The van der Waals surface area contributed by atoms with Crippen molar-refractivity contribution in [1.82, 2.24) is 4.90 Å². The van der Waals surface area contributed by atoms with Crippen molar-refractivity contribution in [3.63, 3.8) is 0 Å². The van der Waals surface area contributed by atoms with Gasteiger partial charge in [0.05, 0.1) is 10.5 Å². The maximum absolute atomic E-state index is 12.2. The van der Waals surface area contributed by atoms with E-state index in [9.17, 15) is 13.2 Å². The predicted octanol–water partition coefficient (Wildman–Crippen LogP) is 3.17. The third kappa shape index (κ3) is 4.58. The number of nitrogens with zero attached hydrogens (tertiary/aromatic N) is 1. The number of sulfone groups is 1. The molecule has 1 saturated heterocycles. The van der Waals surface area contributed by atoms with Crippen molar-refractivity contribution in [3.05, 3.63) is 40.9 Å². The lowest BCUT2D eigenvalue weighted by Crippen LogP contribution is -2.43. The van der Waals surface area contributed by atoms with Crippen LogP contribution in [0.2, 0.25) is 5.02 Å². The Labute approximate surface area is 143 Å². The van der Waals surface area contributed by atoms with Gasteiger partial charge >= 0.3 is 0 Å². The molecule has 1 aliphatic heterocycles. The molecule has 0 N–H and O–H groups in total. The summed E-state index contributed by atoms with van der Waals surface area (Å²) in [5.74, 6) is -0.0830. The molecule has 1 amide bonds. The lowest BCUT2D eigenvalue weighted by molar-refractivity contribution is -0.126. The molecule has 2 rings (SSSR count). The number of amides is 1. The Morgan fingerprint density at radius 2 is 1.78 bits per heavy atom. The predicted molar refractivity (Wildman–Crippen MR) is 94.1 cm³/mol. The maximum atomic E-state index is 12.2. The second kappa shape index (κ2) is 7.49. The normalized spacial score (nSPS) is 17.1. The lowest BCUT2D eigenvalue weighted by atomic mass is 10.1. The largest absolute Gasteiger partial charge is 0.339 e. The molecule has 1 heterocycles. The van der Waals surface area contributed by atoms with Crippen LogP contribution in [-0.2, 0) is 14.6 Å². The Hall–Kier alpha value is -1.33.